The molecule has 1 unspecified atom stereocenters. The van der Waals surface area contributed by atoms with Crippen LogP contribution >= 0.6 is 0 Å². The van der Waals surface area contributed by atoms with Crippen molar-refractivity contribution in [3.8, 4) is 0 Å². The van der Waals surface area contributed by atoms with E-state index >= 15 is 0 Å². The van der Waals surface area contributed by atoms with Crippen molar-refractivity contribution in [1.29, 1.82) is 0 Å². The van der Waals surface area contributed by atoms with Crippen LogP contribution in [0.2, 0.25) is 0 Å². The lowest BCUT2D eigenvalue weighted by molar-refractivity contribution is -0.142. The van der Waals surface area contributed by atoms with Gasteiger partial charge in [0, 0.05) is 6.54 Å². The summed E-state index contributed by atoms with van der Waals surface area (Å²) < 4.78 is 5.09. The number of rotatable bonds is 3. The number of amides is 1. The van der Waals surface area contributed by atoms with Crippen LogP contribution in [0.3, 0.4) is 0 Å². The molecule has 0 bridgehead atoms. The monoisotopic (exact) mass is 217 g/mol. The molecule has 0 rings (SSSR count). The third-order valence-electron chi connectivity index (χ3n) is 1.79. The molecule has 1 amide bonds. The number of likely N-dealkylation sites (N-methyl/N-ethyl adjacent to an activating group) is 1. The minimum absolute atomic E-state index is 0.308. The molecule has 0 aliphatic heterocycles. The molecule has 0 aliphatic rings. The van der Waals surface area contributed by atoms with Crippen LogP contribution in [0.5, 0.6) is 0 Å². The average Bonchev–Trinajstić information content (AvgIpc) is 2.01. The van der Waals surface area contributed by atoms with Gasteiger partial charge < -0.3 is 9.84 Å². The Hall–Kier alpha value is -1.26. The van der Waals surface area contributed by atoms with Crippen LogP contribution in [0.15, 0.2) is 0 Å². The summed E-state index contributed by atoms with van der Waals surface area (Å²) in [4.78, 5) is 23.5. The largest absolute Gasteiger partial charge is 0.480 e. The van der Waals surface area contributed by atoms with Crippen molar-refractivity contribution in [2.45, 2.75) is 46.3 Å². The number of nitrogens with zero attached hydrogens (tertiary/aromatic N) is 1. The molecule has 1 atom stereocenters. The van der Waals surface area contributed by atoms with Gasteiger partial charge in [-0.25, -0.2) is 9.59 Å². The van der Waals surface area contributed by atoms with Gasteiger partial charge in [-0.05, 0) is 34.6 Å². The molecule has 0 aromatic rings. The summed E-state index contributed by atoms with van der Waals surface area (Å²) in [5, 5.41) is 8.78. The van der Waals surface area contributed by atoms with Crippen molar-refractivity contribution < 1.29 is 19.4 Å². The van der Waals surface area contributed by atoms with Gasteiger partial charge in [-0.3, -0.25) is 4.90 Å². The van der Waals surface area contributed by atoms with E-state index in [1.165, 1.54) is 11.8 Å². The summed E-state index contributed by atoms with van der Waals surface area (Å²) in [6.45, 7) is 8.69. The van der Waals surface area contributed by atoms with Crippen LogP contribution < -0.4 is 0 Å². The molecule has 0 fully saturated rings. The van der Waals surface area contributed by atoms with E-state index in [4.69, 9.17) is 9.84 Å². The Bertz CT molecular complexity index is 244. The number of ether oxygens (including phenoxy) is 1. The first-order chi connectivity index (χ1) is 6.69. The number of hydrogen-bond acceptors (Lipinski definition) is 3. The molecule has 15 heavy (non-hydrogen) atoms. The number of carboxylic acid groups (broad SMARTS) is 1. The molecule has 5 heteroatoms. The minimum Gasteiger partial charge on any atom is -0.480 e. The highest BCUT2D eigenvalue weighted by Gasteiger charge is 2.28. The van der Waals surface area contributed by atoms with Gasteiger partial charge in [-0.2, -0.15) is 0 Å². The predicted molar refractivity (Wildman–Crippen MR) is 55.7 cm³/mol. The van der Waals surface area contributed by atoms with Crippen molar-refractivity contribution in [3.63, 3.8) is 0 Å². The lowest BCUT2D eigenvalue weighted by Crippen LogP contribution is -2.45. The van der Waals surface area contributed by atoms with E-state index in [-0.39, 0.29) is 0 Å². The first-order valence-electron chi connectivity index (χ1n) is 4.91. The zero-order valence-corrected chi connectivity index (χ0v) is 9.90. The van der Waals surface area contributed by atoms with Gasteiger partial charge in [0.05, 0.1) is 0 Å². The molecule has 0 heterocycles. The molecule has 0 saturated carbocycles. The summed E-state index contributed by atoms with van der Waals surface area (Å²) in [5.74, 6) is -1.04. The third kappa shape index (κ3) is 4.67. The highest BCUT2D eigenvalue weighted by atomic mass is 16.6. The summed E-state index contributed by atoms with van der Waals surface area (Å²) in [6, 6.07) is -0.871. The van der Waals surface area contributed by atoms with Crippen LogP contribution in [0, 0.1) is 0 Å². The van der Waals surface area contributed by atoms with Crippen molar-refractivity contribution in [2.75, 3.05) is 6.54 Å². The van der Waals surface area contributed by atoms with Crippen LogP contribution in [-0.4, -0.2) is 40.3 Å². The van der Waals surface area contributed by atoms with E-state index in [1.54, 1.807) is 27.7 Å². The van der Waals surface area contributed by atoms with E-state index in [0.29, 0.717) is 6.54 Å². The summed E-state index contributed by atoms with van der Waals surface area (Å²) in [6.07, 6.45) is -0.597. The Morgan fingerprint density at radius 2 is 1.87 bits per heavy atom. The van der Waals surface area contributed by atoms with Crippen molar-refractivity contribution >= 4 is 12.1 Å². The normalized spacial score (nSPS) is 13.1. The molecule has 0 radical (unpaired) electrons. The van der Waals surface area contributed by atoms with Gasteiger partial charge >= 0.3 is 12.1 Å². The van der Waals surface area contributed by atoms with Gasteiger partial charge in [0.25, 0.3) is 0 Å². The highest BCUT2D eigenvalue weighted by Crippen LogP contribution is 2.11. The zero-order valence-electron chi connectivity index (χ0n) is 9.90. The topological polar surface area (TPSA) is 66.8 Å². The van der Waals surface area contributed by atoms with Crippen LogP contribution in [0.25, 0.3) is 0 Å². The van der Waals surface area contributed by atoms with Crippen molar-refractivity contribution in [3.05, 3.63) is 0 Å². The Labute approximate surface area is 90.0 Å². The molecule has 0 saturated heterocycles. The van der Waals surface area contributed by atoms with Gasteiger partial charge in [0.2, 0.25) is 0 Å². The minimum atomic E-state index is -1.04. The molecule has 0 spiro atoms. The fraction of sp³-hybridized carbons (Fsp3) is 0.800. The second kappa shape index (κ2) is 5.00. The predicted octanol–water partition coefficient (Wildman–Crippen LogP) is 1.72. The van der Waals surface area contributed by atoms with Crippen LogP contribution in [0.1, 0.15) is 34.6 Å². The molecule has 0 aromatic carbocycles. The Kier molecular flexibility index (Phi) is 4.58. The van der Waals surface area contributed by atoms with Gasteiger partial charge in [0.15, 0.2) is 0 Å². The smallest absolute Gasteiger partial charge is 0.411 e. The van der Waals surface area contributed by atoms with Crippen molar-refractivity contribution in [1.82, 2.24) is 4.90 Å². The molecule has 5 nitrogen and oxygen atoms in total. The lowest BCUT2D eigenvalue weighted by atomic mass is 10.2. The summed E-state index contributed by atoms with van der Waals surface area (Å²) in [5.41, 5.74) is -0.608. The summed E-state index contributed by atoms with van der Waals surface area (Å²) in [7, 11) is 0. The van der Waals surface area contributed by atoms with E-state index in [1.807, 2.05) is 0 Å². The number of carbonyl (C=O) groups excluding carboxylic acids is 1. The van der Waals surface area contributed by atoms with Gasteiger partial charge in [0.1, 0.15) is 11.6 Å². The molecule has 0 aliphatic carbocycles. The fourth-order valence-corrected chi connectivity index (χ4v) is 1.01. The maximum atomic E-state index is 11.6. The maximum Gasteiger partial charge on any atom is 0.411 e. The number of carbonyl (C=O) groups is 2. The maximum absolute atomic E-state index is 11.6. The Balaban J connectivity index is 4.55. The molecule has 88 valence electrons. The van der Waals surface area contributed by atoms with E-state index in [2.05, 4.69) is 0 Å². The van der Waals surface area contributed by atoms with E-state index < -0.39 is 23.7 Å². The quantitative estimate of drug-likeness (QED) is 0.781. The van der Waals surface area contributed by atoms with Crippen LogP contribution in [-0.2, 0) is 9.53 Å². The molecular formula is C10H19NO4. The first kappa shape index (κ1) is 13.7. The van der Waals surface area contributed by atoms with Gasteiger partial charge in [-0.15, -0.1) is 0 Å². The lowest BCUT2D eigenvalue weighted by Gasteiger charge is -2.28. The second-order valence-electron chi connectivity index (χ2n) is 4.28. The number of hydrogen-bond donors (Lipinski definition) is 1. The molecule has 0 aromatic heterocycles. The molecular weight excluding hydrogens is 198 g/mol. The zero-order chi connectivity index (χ0) is 12.2. The standard InChI is InChI=1S/C10H19NO4/c1-6-11(7(2)8(12)13)9(14)15-10(3,4)5/h7H,6H2,1-5H3,(H,12,13). The third-order valence-corrected chi connectivity index (χ3v) is 1.79. The van der Waals surface area contributed by atoms with Gasteiger partial charge in [-0.1, -0.05) is 0 Å². The Morgan fingerprint density at radius 1 is 1.40 bits per heavy atom. The van der Waals surface area contributed by atoms with E-state index in [0.717, 1.165) is 0 Å². The molecule has 1 N–H and O–H groups in total. The fourth-order valence-electron chi connectivity index (χ4n) is 1.01. The highest BCUT2D eigenvalue weighted by molar-refractivity contribution is 5.79. The number of carboxylic acids is 1. The SMILES string of the molecule is CCN(C(=O)OC(C)(C)C)C(C)C(=O)O. The number of aliphatic carboxylic acids is 1. The van der Waals surface area contributed by atoms with E-state index in [9.17, 15) is 9.59 Å². The average molecular weight is 217 g/mol. The first-order valence-corrected chi connectivity index (χ1v) is 4.91. The van der Waals surface area contributed by atoms with Crippen molar-refractivity contribution in [2.24, 2.45) is 0 Å². The summed E-state index contributed by atoms with van der Waals surface area (Å²) >= 11 is 0. The Morgan fingerprint density at radius 3 is 2.13 bits per heavy atom. The second-order valence-corrected chi connectivity index (χ2v) is 4.28. The van der Waals surface area contributed by atoms with Crippen LogP contribution in [0.4, 0.5) is 4.79 Å².